The van der Waals surface area contributed by atoms with Crippen LogP contribution in [-0.2, 0) is 6.42 Å². The van der Waals surface area contributed by atoms with E-state index in [4.69, 9.17) is 15.0 Å². The molecule has 1 aliphatic carbocycles. The second-order valence-corrected chi connectivity index (χ2v) is 14.6. The molecule has 0 saturated carbocycles. The van der Waals surface area contributed by atoms with Gasteiger partial charge in [-0.3, -0.25) is 4.98 Å². The summed E-state index contributed by atoms with van der Waals surface area (Å²) in [6.45, 7) is 0. The molecule has 4 heteroatoms. The molecular formula is C48H29N3S. The van der Waals surface area contributed by atoms with E-state index in [0.717, 1.165) is 56.3 Å². The Hall–Kier alpha value is -6.49. The van der Waals surface area contributed by atoms with E-state index >= 15 is 0 Å². The van der Waals surface area contributed by atoms with E-state index in [1.165, 1.54) is 58.6 Å². The maximum atomic E-state index is 5.28. The Balaban J connectivity index is 1.03. The Morgan fingerprint density at radius 3 is 2.42 bits per heavy atom. The zero-order valence-electron chi connectivity index (χ0n) is 28.0. The fourth-order valence-corrected chi connectivity index (χ4v) is 9.34. The topological polar surface area (TPSA) is 38.7 Å². The molecule has 0 radical (unpaired) electrons. The van der Waals surface area contributed by atoms with Crippen molar-refractivity contribution in [1.29, 1.82) is 0 Å². The van der Waals surface area contributed by atoms with Crippen LogP contribution < -0.4 is 0 Å². The second-order valence-electron chi connectivity index (χ2n) is 13.5. The van der Waals surface area contributed by atoms with E-state index in [1.807, 2.05) is 23.6 Å². The van der Waals surface area contributed by atoms with Crippen LogP contribution in [0, 0.1) is 0 Å². The average Bonchev–Trinajstić information content (AvgIpc) is 3.40. The summed E-state index contributed by atoms with van der Waals surface area (Å²) >= 11 is 1.87. The Morgan fingerprint density at radius 1 is 0.558 bits per heavy atom. The first-order chi connectivity index (χ1) is 25.8. The molecule has 4 heterocycles. The quantitative estimate of drug-likeness (QED) is 0.174. The van der Waals surface area contributed by atoms with Crippen LogP contribution in [0.25, 0.3) is 103 Å². The molecule has 0 atom stereocenters. The van der Waals surface area contributed by atoms with E-state index in [1.54, 1.807) is 0 Å². The number of hydrogen-bond donors (Lipinski definition) is 0. The number of thiophene rings is 1. The first-order valence-electron chi connectivity index (χ1n) is 17.7. The summed E-state index contributed by atoms with van der Waals surface area (Å²) in [5, 5.41) is 8.51. The minimum Gasteiger partial charge on any atom is -0.256 e. The van der Waals surface area contributed by atoms with Gasteiger partial charge in [0.2, 0.25) is 0 Å². The molecule has 0 unspecified atom stereocenters. The van der Waals surface area contributed by atoms with Crippen molar-refractivity contribution in [3.63, 3.8) is 0 Å². The monoisotopic (exact) mass is 679 g/mol. The van der Waals surface area contributed by atoms with E-state index in [-0.39, 0.29) is 0 Å². The first kappa shape index (κ1) is 29.3. The van der Waals surface area contributed by atoms with Crippen molar-refractivity contribution < 1.29 is 0 Å². The third kappa shape index (κ3) is 4.55. The Labute approximate surface area is 303 Å². The van der Waals surface area contributed by atoms with Gasteiger partial charge >= 0.3 is 0 Å². The number of pyridine rings is 3. The van der Waals surface area contributed by atoms with Crippen LogP contribution in [-0.4, -0.2) is 15.0 Å². The number of fused-ring (bicyclic) bond motifs is 11. The molecule has 3 nitrogen and oxygen atoms in total. The third-order valence-corrected chi connectivity index (χ3v) is 11.7. The molecule has 242 valence electrons. The van der Waals surface area contributed by atoms with Crippen molar-refractivity contribution in [1.82, 2.24) is 15.0 Å². The maximum Gasteiger partial charge on any atom is 0.0788 e. The minimum absolute atomic E-state index is 0.862. The first-order valence-corrected chi connectivity index (χ1v) is 18.5. The fourth-order valence-electron chi connectivity index (χ4n) is 8.08. The molecule has 0 N–H and O–H groups in total. The number of hydrogen-bond acceptors (Lipinski definition) is 4. The van der Waals surface area contributed by atoms with Crippen LogP contribution in [0.2, 0.25) is 0 Å². The largest absolute Gasteiger partial charge is 0.256 e. The molecule has 0 spiro atoms. The summed E-state index contributed by atoms with van der Waals surface area (Å²) in [6.07, 6.45) is 11.4. The Bertz CT molecular complexity index is 3170. The Kier molecular flexibility index (Phi) is 6.48. The predicted octanol–water partition coefficient (Wildman–Crippen LogP) is 13.0. The molecule has 4 aromatic heterocycles. The van der Waals surface area contributed by atoms with Crippen LogP contribution in [0.15, 0.2) is 158 Å². The van der Waals surface area contributed by atoms with Gasteiger partial charge in [0.05, 0.1) is 27.9 Å². The molecule has 6 aromatic carbocycles. The van der Waals surface area contributed by atoms with Gasteiger partial charge in [0.25, 0.3) is 0 Å². The molecule has 0 saturated heterocycles. The number of aromatic nitrogens is 3. The van der Waals surface area contributed by atoms with E-state index in [2.05, 4.69) is 152 Å². The smallest absolute Gasteiger partial charge is 0.0788 e. The predicted molar refractivity (Wildman–Crippen MR) is 221 cm³/mol. The van der Waals surface area contributed by atoms with Gasteiger partial charge in [-0.05, 0) is 77.2 Å². The van der Waals surface area contributed by atoms with Crippen LogP contribution in [0.1, 0.15) is 11.1 Å². The lowest BCUT2D eigenvalue weighted by Crippen LogP contribution is -1.96. The molecule has 1 aliphatic rings. The van der Waals surface area contributed by atoms with Gasteiger partial charge < -0.3 is 0 Å². The van der Waals surface area contributed by atoms with E-state index in [9.17, 15) is 0 Å². The van der Waals surface area contributed by atoms with Crippen LogP contribution in [0.5, 0.6) is 0 Å². The zero-order valence-corrected chi connectivity index (χ0v) is 28.9. The molecule has 0 fully saturated rings. The molecular weight excluding hydrogens is 651 g/mol. The lowest BCUT2D eigenvalue weighted by atomic mass is 9.90. The van der Waals surface area contributed by atoms with Gasteiger partial charge in [-0.1, -0.05) is 109 Å². The highest BCUT2D eigenvalue weighted by atomic mass is 32.1. The lowest BCUT2D eigenvalue weighted by Gasteiger charge is -2.15. The number of rotatable bonds is 3. The zero-order chi connectivity index (χ0) is 34.2. The van der Waals surface area contributed by atoms with Crippen molar-refractivity contribution in [2.75, 3.05) is 0 Å². The summed E-state index contributed by atoms with van der Waals surface area (Å²) < 4.78 is 2.62. The number of nitrogens with zero attached hydrogens (tertiary/aromatic N) is 3. The van der Waals surface area contributed by atoms with Crippen LogP contribution in [0.4, 0.5) is 0 Å². The highest BCUT2D eigenvalue weighted by molar-refractivity contribution is 7.26. The molecule has 52 heavy (non-hydrogen) atoms. The van der Waals surface area contributed by atoms with Crippen molar-refractivity contribution >= 4 is 81.1 Å². The summed E-state index contributed by atoms with van der Waals surface area (Å²) in [5.74, 6) is 0. The summed E-state index contributed by atoms with van der Waals surface area (Å²) in [6, 6.07) is 47.9. The molecule has 0 bridgehead atoms. The summed E-state index contributed by atoms with van der Waals surface area (Å²) in [7, 11) is 0. The fraction of sp³-hybridized carbons (Fsp3) is 0.0208. The van der Waals surface area contributed by atoms with Gasteiger partial charge in [0.15, 0.2) is 0 Å². The summed E-state index contributed by atoms with van der Waals surface area (Å²) in [4.78, 5) is 15.2. The van der Waals surface area contributed by atoms with E-state index < -0.39 is 0 Å². The highest BCUT2D eigenvalue weighted by Gasteiger charge is 2.18. The number of benzene rings is 6. The summed E-state index contributed by atoms with van der Waals surface area (Å²) in [5.41, 5.74) is 12.1. The van der Waals surface area contributed by atoms with Crippen molar-refractivity contribution in [3.05, 3.63) is 169 Å². The molecule has 0 aliphatic heterocycles. The maximum absolute atomic E-state index is 5.28. The second kappa shape index (κ2) is 11.5. The SMILES string of the molecule is C1=CCc2c(c(-c3ccc4nc(-c5cccc(-c6nc7ccccc7c7c6ccc6c8ccccc8sc67)c5)ccc4c3)cc3cccnc23)C=C1. The van der Waals surface area contributed by atoms with Crippen LogP contribution >= 0.6 is 11.3 Å². The highest BCUT2D eigenvalue weighted by Crippen LogP contribution is 2.44. The van der Waals surface area contributed by atoms with Crippen LogP contribution in [0.3, 0.4) is 0 Å². The minimum atomic E-state index is 0.862. The lowest BCUT2D eigenvalue weighted by molar-refractivity contribution is 1.26. The van der Waals surface area contributed by atoms with Gasteiger partial charge in [-0.2, -0.15) is 0 Å². The van der Waals surface area contributed by atoms with Gasteiger partial charge in [0, 0.05) is 64.4 Å². The van der Waals surface area contributed by atoms with E-state index in [0.29, 0.717) is 0 Å². The average molecular weight is 680 g/mol. The molecule has 0 amide bonds. The van der Waals surface area contributed by atoms with Gasteiger partial charge in [0.1, 0.15) is 0 Å². The van der Waals surface area contributed by atoms with Crippen molar-refractivity contribution in [2.45, 2.75) is 6.42 Å². The Morgan fingerprint density at radius 2 is 1.44 bits per heavy atom. The van der Waals surface area contributed by atoms with Gasteiger partial charge in [-0.25, -0.2) is 9.97 Å². The molecule has 11 rings (SSSR count). The van der Waals surface area contributed by atoms with Gasteiger partial charge in [-0.15, -0.1) is 11.3 Å². The number of allylic oxidation sites excluding steroid dienone is 3. The third-order valence-electron chi connectivity index (χ3n) is 10.5. The van der Waals surface area contributed by atoms with Crippen molar-refractivity contribution in [2.24, 2.45) is 0 Å². The number of para-hydroxylation sites is 1. The normalized spacial score (nSPS) is 12.8. The standard InChI is InChI=1S/C48H29N3S/c1-2-13-34-36(15-3-1)46-33(12-9-25-49-46)28-40(34)29-19-23-42-31(26-29)20-24-41(50-42)30-10-8-11-32(27-30)47-39-22-21-37-35-14-5-7-18-44(35)52-48(37)45(39)38-16-4-6-17-43(38)51-47/h1-14,16-28H,15H2. The molecule has 10 aromatic rings. The van der Waals surface area contributed by atoms with Crippen molar-refractivity contribution in [3.8, 4) is 33.6 Å².